The maximum absolute atomic E-state index is 11.4. The van der Waals surface area contributed by atoms with Crippen molar-refractivity contribution >= 4 is 25.4 Å². The molecule has 1 saturated carbocycles. The van der Waals surface area contributed by atoms with Crippen LogP contribution in [0.5, 0.6) is 0 Å². The molecule has 1 atom stereocenters. The Kier molecular flexibility index (Phi) is 6.82. The van der Waals surface area contributed by atoms with Crippen LogP contribution in [0.2, 0.25) is 25.7 Å². The summed E-state index contributed by atoms with van der Waals surface area (Å²) in [5.74, 6) is 0.760. The second-order valence-corrected chi connectivity index (χ2v) is 14.7. The molecule has 0 N–H and O–H groups in total. The number of aldehydes is 1. The fourth-order valence-corrected chi connectivity index (χ4v) is 4.89. The number of ether oxygens (including phenoxy) is 1. The van der Waals surface area contributed by atoms with Crippen LogP contribution in [0.1, 0.15) is 50.1 Å². The normalized spacial score (nSPS) is 17.3. The predicted octanol–water partition coefficient (Wildman–Crippen LogP) is 5.00. The van der Waals surface area contributed by atoms with Gasteiger partial charge in [0.25, 0.3) is 0 Å². The summed E-state index contributed by atoms with van der Waals surface area (Å²) in [6.07, 6.45) is 11.5. The van der Waals surface area contributed by atoms with E-state index in [1.165, 1.54) is 32.1 Å². The third kappa shape index (κ3) is 5.26. The summed E-state index contributed by atoms with van der Waals surface area (Å²) in [7, 11) is -1.08. The van der Waals surface area contributed by atoms with Crippen LogP contribution in [-0.2, 0) is 16.3 Å². The van der Waals surface area contributed by atoms with Gasteiger partial charge in [0.15, 0.2) is 0 Å². The molecule has 1 aliphatic rings. The molecule has 148 valence electrons. The molecule has 0 aromatic carbocycles. The highest BCUT2D eigenvalue weighted by atomic mass is 28.3. The van der Waals surface area contributed by atoms with E-state index in [1.54, 1.807) is 6.33 Å². The summed E-state index contributed by atoms with van der Waals surface area (Å²) in [6, 6.07) is 3.25. The lowest BCUT2D eigenvalue weighted by molar-refractivity contribution is -0.108. The van der Waals surface area contributed by atoms with Crippen molar-refractivity contribution in [2.75, 3.05) is 6.61 Å². The minimum Gasteiger partial charge on any atom is -0.361 e. The van der Waals surface area contributed by atoms with Gasteiger partial charge < -0.3 is 14.1 Å². The van der Waals surface area contributed by atoms with E-state index < -0.39 is 8.07 Å². The molecule has 27 heavy (non-hydrogen) atoms. The van der Waals surface area contributed by atoms with E-state index in [0.29, 0.717) is 19.1 Å². The largest absolute Gasteiger partial charge is 0.361 e. The summed E-state index contributed by atoms with van der Waals surface area (Å²) >= 11 is 0. The third-order valence-corrected chi connectivity index (χ3v) is 7.44. The summed E-state index contributed by atoms with van der Waals surface area (Å²) in [5.41, 5.74) is 1.96. The van der Waals surface area contributed by atoms with Crippen LogP contribution in [0, 0.1) is 5.92 Å². The number of hydrogen-bond acceptors (Lipinski definition) is 4. The van der Waals surface area contributed by atoms with Gasteiger partial charge in [-0.3, -0.25) is 0 Å². The maximum atomic E-state index is 11.4. The van der Waals surface area contributed by atoms with Crippen LogP contribution in [0.4, 0.5) is 0 Å². The highest BCUT2D eigenvalue weighted by Crippen LogP contribution is 2.39. The van der Waals surface area contributed by atoms with Crippen molar-refractivity contribution in [1.82, 2.24) is 14.5 Å². The SMILES string of the molecule is C[Si](C)(C)CCOCn1ccc2c(C(CC=O)C3CCCCC3)ncnc21. The van der Waals surface area contributed by atoms with Crippen LogP contribution in [-0.4, -0.2) is 35.5 Å². The molecule has 0 amide bonds. The monoisotopic (exact) mass is 387 g/mol. The molecule has 0 bridgehead atoms. The van der Waals surface area contributed by atoms with E-state index in [2.05, 4.69) is 40.2 Å². The Morgan fingerprint density at radius 1 is 1.26 bits per heavy atom. The Labute approximate surface area is 163 Å². The van der Waals surface area contributed by atoms with Gasteiger partial charge in [-0.25, -0.2) is 9.97 Å². The van der Waals surface area contributed by atoms with E-state index in [9.17, 15) is 4.79 Å². The Hall–Kier alpha value is -1.53. The van der Waals surface area contributed by atoms with Crippen LogP contribution in [0.15, 0.2) is 18.6 Å². The van der Waals surface area contributed by atoms with Crippen molar-refractivity contribution < 1.29 is 9.53 Å². The van der Waals surface area contributed by atoms with E-state index >= 15 is 0 Å². The molecule has 1 aliphatic carbocycles. The molecule has 0 saturated heterocycles. The Balaban J connectivity index is 1.78. The summed E-state index contributed by atoms with van der Waals surface area (Å²) < 4.78 is 7.97. The van der Waals surface area contributed by atoms with Crippen molar-refractivity contribution in [3.63, 3.8) is 0 Å². The standard InChI is InChI=1S/C21H33N3O2Si/c1-27(2,3)14-13-26-16-24-11-9-19-20(22-15-23-21(19)24)18(10-12-25)17-7-5-4-6-8-17/h9,11-12,15,17-18H,4-8,10,13-14,16H2,1-3H3. The van der Waals surface area contributed by atoms with Crippen molar-refractivity contribution in [1.29, 1.82) is 0 Å². The van der Waals surface area contributed by atoms with Gasteiger partial charge in [0, 0.05) is 38.6 Å². The zero-order chi connectivity index (χ0) is 19.3. The van der Waals surface area contributed by atoms with Gasteiger partial charge in [-0.2, -0.15) is 0 Å². The molecule has 6 heteroatoms. The zero-order valence-corrected chi connectivity index (χ0v) is 18.0. The average Bonchev–Trinajstić information content (AvgIpc) is 3.07. The molecule has 2 heterocycles. The molecule has 0 radical (unpaired) electrons. The van der Waals surface area contributed by atoms with Gasteiger partial charge in [0.05, 0.1) is 5.69 Å². The molecular weight excluding hydrogens is 354 g/mol. The first-order chi connectivity index (χ1) is 13.0. The number of aromatic nitrogens is 3. The van der Waals surface area contributed by atoms with Crippen LogP contribution >= 0.6 is 0 Å². The van der Waals surface area contributed by atoms with Crippen molar-refractivity contribution in [3.8, 4) is 0 Å². The summed E-state index contributed by atoms with van der Waals surface area (Å²) in [4.78, 5) is 20.5. The molecule has 3 rings (SSSR count). The Morgan fingerprint density at radius 3 is 2.74 bits per heavy atom. The van der Waals surface area contributed by atoms with E-state index in [1.807, 2.05) is 6.20 Å². The first kappa shape index (κ1) is 20.2. The number of fused-ring (bicyclic) bond motifs is 1. The molecule has 0 spiro atoms. The number of hydrogen-bond donors (Lipinski definition) is 0. The van der Waals surface area contributed by atoms with Crippen LogP contribution < -0.4 is 0 Å². The first-order valence-corrected chi connectivity index (χ1v) is 14.0. The lowest BCUT2D eigenvalue weighted by atomic mass is 9.76. The zero-order valence-electron chi connectivity index (χ0n) is 17.0. The van der Waals surface area contributed by atoms with Gasteiger partial charge in [-0.05, 0) is 30.9 Å². The van der Waals surface area contributed by atoms with Crippen LogP contribution in [0.3, 0.4) is 0 Å². The minimum absolute atomic E-state index is 0.206. The van der Waals surface area contributed by atoms with E-state index in [4.69, 9.17) is 4.74 Å². The second kappa shape index (κ2) is 9.11. The minimum atomic E-state index is -1.08. The van der Waals surface area contributed by atoms with Gasteiger partial charge in [0.2, 0.25) is 0 Å². The molecule has 5 nitrogen and oxygen atoms in total. The molecule has 1 unspecified atom stereocenters. The lowest BCUT2D eigenvalue weighted by Gasteiger charge is -2.29. The Morgan fingerprint density at radius 2 is 2.04 bits per heavy atom. The molecule has 0 aliphatic heterocycles. The summed E-state index contributed by atoms with van der Waals surface area (Å²) in [6.45, 7) is 8.40. The molecule has 2 aromatic heterocycles. The fraction of sp³-hybridized carbons (Fsp3) is 0.667. The van der Waals surface area contributed by atoms with Gasteiger partial charge >= 0.3 is 0 Å². The number of nitrogens with zero attached hydrogens (tertiary/aromatic N) is 3. The second-order valence-electron chi connectivity index (χ2n) is 9.04. The van der Waals surface area contributed by atoms with Crippen molar-refractivity contribution in [3.05, 3.63) is 24.3 Å². The van der Waals surface area contributed by atoms with Gasteiger partial charge in [-0.1, -0.05) is 38.9 Å². The predicted molar refractivity (Wildman–Crippen MR) is 112 cm³/mol. The van der Waals surface area contributed by atoms with E-state index in [0.717, 1.165) is 35.7 Å². The molecule has 1 fully saturated rings. The maximum Gasteiger partial charge on any atom is 0.145 e. The van der Waals surface area contributed by atoms with Crippen molar-refractivity contribution in [2.24, 2.45) is 5.92 Å². The Bertz CT molecular complexity index is 747. The van der Waals surface area contributed by atoms with Crippen LogP contribution in [0.25, 0.3) is 11.0 Å². The quantitative estimate of drug-likeness (QED) is 0.345. The lowest BCUT2D eigenvalue weighted by Crippen LogP contribution is -2.22. The topological polar surface area (TPSA) is 57.0 Å². The average molecular weight is 388 g/mol. The van der Waals surface area contributed by atoms with Crippen molar-refractivity contribution in [2.45, 2.75) is 76.9 Å². The van der Waals surface area contributed by atoms with E-state index in [-0.39, 0.29) is 5.92 Å². The summed E-state index contributed by atoms with van der Waals surface area (Å²) in [5, 5.41) is 1.07. The molecular formula is C21H33N3O2Si. The third-order valence-electron chi connectivity index (χ3n) is 5.73. The molecule has 2 aromatic rings. The van der Waals surface area contributed by atoms with Gasteiger partial charge in [0.1, 0.15) is 25.0 Å². The highest BCUT2D eigenvalue weighted by Gasteiger charge is 2.28. The number of carbonyl (C=O) groups excluding carboxylic acids is 1. The number of carbonyl (C=O) groups is 1. The smallest absolute Gasteiger partial charge is 0.145 e. The first-order valence-electron chi connectivity index (χ1n) is 10.3. The van der Waals surface area contributed by atoms with Gasteiger partial charge in [-0.15, -0.1) is 0 Å². The highest BCUT2D eigenvalue weighted by molar-refractivity contribution is 6.76. The number of rotatable bonds is 9. The fourth-order valence-electron chi connectivity index (χ4n) is 4.13.